The highest BCUT2D eigenvalue weighted by atomic mass is 16.5. The van der Waals surface area contributed by atoms with Crippen LogP contribution in [0.15, 0.2) is 40.9 Å². The van der Waals surface area contributed by atoms with Crippen LogP contribution in [0.25, 0.3) is 10.8 Å². The molecular formula is C19H18N2O4. The lowest BCUT2D eigenvalue weighted by Crippen LogP contribution is -2.15. The molecule has 6 nitrogen and oxygen atoms in total. The highest BCUT2D eigenvalue weighted by Crippen LogP contribution is 2.25. The van der Waals surface area contributed by atoms with Gasteiger partial charge in [-0.15, -0.1) is 0 Å². The second-order valence-electron chi connectivity index (χ2n) is 5.90. The van der Waals surface area contributed by atoms with Crippen molar-refractivity contribution < 1.29 is 19.2 Å². The second-order valence-corrected chi connectivity index (χ2v) is 5.90. The summed E-state index contributed by atoms with van der Waals surface area (Å²) in [6.07, 6.45) is 0.706. The zero-order chi connectivity index (χ0) is 18.0. The number of aryl methyl sites for hydroxylation is 2. The van der Waals surface area contributed by atoms with E-state index in [-0.39, 0.29) is 17.9 Å². The molecule has 25 heavy (non-hydrogen) atoms. The zero-order valence-electron chi connectivity index (χ0n) is 14.0. The third kappa shape index (κ3) is 3.52. The quantitative estimate of drug-likeness (QED) is 0.740. The first kappa shape index (κ1) is 16.7. The fourth-order valence-corrected chi connectivity index (χ4v) is 2.83. The average Bonchev–Trinajstić information content (AvgIpc) is 2.90. The van der Waals surface area contributed by atoms with Gasteiger partial charge in [-0.25, -0.2) is 4.79 Å². The molecule has 2 N–H and O–H groups in total. The van der Waals surface area contributed by atoms with Gasteiger partial charge in [-0.3, -0.25) is 4.79 Å². The smallest absolute Gasteiger partial charge is 0.337 e. The number of nitrogens with zero attached hydrogens (tertiary/aromatic N) is 1. The molecule has 3 rings (SSSR count). The van der Waals surface area contributed by atoms with Gasteiger partial charge in [0, 0.05) is 12.0 Å². The highest BCUT2D eigenvalue weighted by molar-refractivity contribution is 6.05. The van der Waals surface area contributed by atoms with Crippen LogP contribution in [0.4, 0.5) is 5.69 Å². The van der Waals surface area contributed by atoms with Gasteiger partial charge in [0.05, 0.1) is 16.9 Å². The third-order valence-electron chi connectivity index (χ3n) is 4.17. The standard InChI is InChI=1S/C19H18N2O4/c1-11-15(12(2)25-21-11)7-8-18(22)20-17-10-14-6-4-3-5-13(14)9-16(17)19(23)24/h3-6,9-10H,7-8H2,1-2H3,(H,20,22)(H,23,24). The van der Waals surface area contributed by atoms with Gasteiger partial charge in [-0.1, -0.05) is 29.4 Å². The summed E-state index contributed by atoms with van der Waals surface area (Å²) in [7, 11) is 0. The summed E-state index contributed by atoms with van der Waals surface area (Å²) >= 11 is 0. The Hall–Kier alpha value is -3.15. The Balaban J connectivity index is 1.80. The Morgan fingerprint density at radius 2 is 1.84 bits per heavy atom. The topological polar surface area (TPSA) is 92.4 Å². The predicted molar refractivity (Wildman–Crippen MR) is 93.8 cm³/mol. The van der Waals surface area contributed by atoms with E-state index in [1.807, 2.05) is 31.2 Å². The number of anilines is 1. The Kier molecular flexibility index (Phi) is 4.52. The minimum atomic E-state index is -1.08. The van der Waals surface area contributed by atoms with E-state index in [1.54, 1.807) is 19.1 Å². The number of amides is 1. The Bertz CT molecular complexity index is 940. The summed E-state index contributed by atoms with van der Waals surface area (Å²) in [4.78, 5) is 23.8. The number of carbonyl (C=O) groups excluding carboxylic acids is 1. The van der Waals surface area contributed by atoms with Crippen LogP contribution >= 0.6 is 0 Å². The van der Waals surface area contributed by atoms with E-state index in [0.717, 1.165) is 22.0 Å². The van der Waals surface area contributed by atoms with Gasteiger partial charge in [0.1, 0.15) is 5.76 Å². The van der Waals surface area contributed by atoms with Gasteiger partial charge in [-0.05, 0) is 43.2 Å². The number of hydrogen-bond acceptors (Lipinski definition) is 4. The molecule has 0 aliphatic heterocycles. The molecule has 0 atom stereocenters. The fraction of sp³-hybridized carbons (Fsp3) is 0.211. The molecule has 128 valence electrons. The normalized spacial score (nSPS) is 10.8. The van der Waals surface area contributed by atoms with Crippen LogP contribution in [0.5, 0.6) is 0 Å². The van der Waals surface area contributed by atoms with E-state index in [4.69, 9.17) is 4.52 Å². The van der Waals surface area contributed by atoms with Gasteiger partial charge in [0.15, 0.2) is 0 Å². The molecular weight excluding hydrogens is 320 g/mol. The molecule has 3 aromatic rings. The third-order valence-corrected chi connectivity index (χ3v) is 4.17. The van der Waals surface area contributed by atoms with Crippen molar-refractivity contribution in [3.63, 3.8) is 0 Å². The monoisotopic (exact) mass is 338 g/mol. The molecule has 2 aromatic carbocycles. The average molecular weight is 338 g/mol. The molecule has 0 saturated carbocycles. The number of hydrogen-bond donors (Lipinski definition) is 2. The number of nitrogens with one attached hydrogen (secondary N) is 1. The molecule has 1 heterocycles. The van der Waals surface area contributed by atoms with Crippen LogP contribution in [0.3, 0.4) is 0 Å². The predicted octanol–water partition coefficient (Wildman–Crippen LogP) is 3.71. The van der Waals surface area contributed by atoms with E-state index in [9.17, 15) is 14.7 Å². The summed E-state index contributed by atoms with van der Waals surface area (Å²) in [5.74, 6) is -0.633. The number of fused-ring (bicyclic) bond motifs is 1. The van der Waals surface area contributed by atoms with E-state index in [0.29, 0.717) is 17.9 Å². The number of carboxylic acids is 1. The maximum absolute atomic E-state index is 12.3. The Morgan fingerprint density at radius 1 is 1.16 bits per heavy atom. The van der Waals surface area contributed by atoms with Crippen molar-refractivity contribution in [1.29, 1.82) is 0 Å². The lowest BCUT2D eigenvalue weighted by atomic mass is 10.0. The van der Waals surface area contributed by atoms with Crippen molar-refractivity contribution >= 4 is 28.3 Å². The molecule has 6 heteroatoms. The fourth-order valence-electron chi connectivity index (χ4n) is 2.83. The van der Waals surface area contributed by atoms with Crippen LogP contribution in [0, 0.1) is 13.8 Å². The van der Waals surface area contributed by atoms with Crippen LogP contribution in [0.2, 0.25) is 0 Å². The van der Waals surface area contributed by atoms with Crippen LogP contribution in [-0.2, 0) is 11.2 Å². The van der Waals surface area contributed by atoms with Gasteiger partial charge < -0.3 is 14.9 Å². The van der Waals surface area contributed by atoms with Crippen LogP contribution < -0.4 is 5.32 Å². The molecule has 0 fully saturated rings. The van der Waals surface area contributed by atoms with E-state index in [1.165, 1.54) is 0 Å². The molecule has 0 unspecified atom stereocenters. The summed E-state index contributed by atoms with van der Waals surface area (Å²) in [6, 6.07) is 10.7. The summed E-state index contributed by atoms with van der Waals surface area (Å²) in [5.41, 5.74) is 2.05. The van der Waals surface area contributed by atoms with Crippen molar-refractivity contribution in [3.05, 3.63) is 59.0 Å². The molecule has 0 aliphatic rings. The zero-order valence-corrected chi connectivity index (χ0v) is 14.0. The summed E-state index contributed by atoms with van der Waals surface area (Å²) in [6.45, 7) is 3.63. The van der Waals surface area contributed by atoms with E-state index < -0.39 is 5.97 Å². The lowest BCUT2D eigenvalue weighted by Gasteiger charge is -2.10. The van der Waals surface area contributed by atoms with Crippen molar-refractivity contribution in [2.24, 2.45) is 0 Å². The van der Waals surface area contributed by atoms with Crippen molar-refractivity contribution in [1.82, 2.24) is 5.16 Å². The first-order valence-corrected chi connectivity index (χ1v) is 7.93. The van der Waals surface area contributed by atoms with Gasteiger partial charge in [0.2, 0.25) is 5.91 Å². The number of benzene rings is 2. The largest absolute Gasteiger partial charge is 0.478 e. The SMILES string of the molecule is Cc1noc(C)c1CCC(=O)Nc1cc2ccccc2cc1C(=O)O. The maximum atomic E-state index is 12.3. The Labute approximate surface area is 144 Å². The molecule has 1 amide bonds. The lowest BCUT2D eigenvalue weighted by molar-refractivity contribution is -0.116. The minimum Gasteiger partial charge on any atom is -0.478 e. The summed E-state index contributed by atoms with van der Waals surface area (Å²) in [5, 5.41) is 17.7. The number of rotatable bonds is 5. The second kappa shape index (κ2) is 6.76. The summed E-state index contributed by atoms with van der Waals surface area (Å²) < 4.78 is 5.09. The molecule has 0 spiro atoms. The van der Waals surface area contributed by atoms with E-state index in [2.05, 4.69) is 10.5 Å². The molecule has 1 aromatic heterocycles. The first-order valence-electron chi connectivity index (χ1n) is 7.93. The molecule has 0 saturated heterocycles. The highest BCUT2D eigenvalue weighted by Gasteiger charge is 2.15. The number of carbonyl (C=O) groups is 2. The first-order chi connectivity index (χ1) is 12.0. The number of carboxylic acid groups (broad SMARTS) is 1. The van der Waals surface area contributed by atoms with Crippen molar-refractivity contribution in [3.8, 4) is 0 Å². The van der Waals surface area contributed by atoms with Crippen molar-refractivity contribution in [2.45, 2.75) is 26.7 Å². The number of aromatic nitrogens is 1. The molecule has 0 bridgehead atoms. The maximum Gasteiger partial charge on any atom is 0.337 e. The van der Waals surface area contributed by atoms with Gasteiger partial charge in [-0.2, -0.15) is 0 Å². The van der Waals surface area contributed by atoms with Crippen LogP contribution in [-0.4, -0.2) is 22.1 Å². The van der Waals surface area contributed by atoms with Gasteiger partial charge in [0.25, 0.3) is 0 Å². The van der Waals surface area contributed by atoms with E-state index >= 15 is 0 Å². The minimum absolute atomic E-state index is 0.0735. The van der Waals surface area contributed by atoms with Gasteiger partial charge >= 0.3 is 5.97 Å². The van der Waals surface area contributed by atoms with Crippen molar-refractivity contribution in [2.75, 3.05) is 5.32 Å². The Morgan fingerprint density at radius 3 is 2.44 bits per heavy atom. The molecule has 0 radical (unpaired) electrons. The number of aromatic carboxylic acids is 1. The molecule has 0 aliphatic carbocycles. The van der Waals surface area contributed by atoms with Crippen LogP contribution in [0.1, 0.15) is 33.8 Å².